The minimum absolute atomic E-state index is 0.731. The van der Waals surface area contributed by atoms with Crippen molar-refractivity contribution in [3.63, 3.8) is 0 Å². The lowest BCUT2D eigenvalue weighted by atomic mass is 9.99. The highest BCUT2D eigenvalue weighted by molar-refractivity contribution is 5.78. The summed E-state index contributed by atoms with van der Waals surface area (Å²) >= 11 is 0. The lowest BCUT2D eigenvalue weighted by molar-refractivity contribution is 0.316. The molecule has 0 spiro atoms. The summed E-state index contributed by atoms with van der Waals surface area (Å²) in [5.41, 5.74) is 3.75. The van der Waals surface area contributed by atoms with Crippen LogP contribution < -0.4 is 0 Å². The monoisotopic (exact) mass is 306 g/mol. The van der Waals surface area contributed by atoms with Crippen LogP contribution in [0.4, 0.5) is 0 Å². The van der Waals surface area contributed by atoms with Gasteiger partial charge in [-0.2, -0.15) is 5.10 Å². The first-order valence-electron chi connectivity index (χ1n) is 8.30. The molecule has 4 heteroatoms. The van der Waals surface area contributed by atoms with Crippen molar-refractivity contribution in [2.24, 2.45) is 13.0 Å². The lowest BCUT2D eigenvalue weighted by Crippen LogP contribution is -2.20. The molecular formula is C19H22N4. The highest BCUT2D eigenvalue weighted by Gasteiger charge is 2.23. The zero-order chi connectivity index (χ0) is 15.6. The molecule has 1 fully saturated rings. The number of aromatic nitrogens is 3. The molecule has 3 aromatic rings. The minimum atomic E-state index is 0.731. The summed E-state index contributed by atoms with van der Waals surface area (Å²) in [7, 11) is 1.98. The van der Waals surface area contributed by atoms with Gasteiger partial charge in [-0.25, -0.2) is 0 Å². The Bertz CT molecular complexity index is 808. The third-order valence-electron chi connectivity index (χ3n) is 4.71. The van der Waals surface area contributed by atoms with Crippen molar-refractivity contribution in [1.29, 1.82) is 0 Å². The van der Waals surface area contributed by atoms with Crippen LogP contribution >= 0.6 is 0 Å². The van der Waals surface area contributed by atoms with Gasteiger partial charge in [-0.15, -0.1) is 0 Å². The average Bonchev–Trinajstić information content (AvgIpc) is 3.17. The Labute approximate surface area is 136 Å². The first-order chi connectivity index (χ1) is 11.3. The normalized spacial score (nSPS) is 18.7. The molecule has 0 bridgehead atoms. The van der Waals surface area contributed by atoms with E-state index in [1.807, 2.05) is 30.2 Å². The Morgan fingerprint density at radius 1 is 1.17 bits per heavy atom. The van der Waals surface area contributed by atoms with E-state index in [0.29, 0.717) is 0 Å². The average molecular weight is 306 g/mol. The molecule has 1 atom stereocenters. The molecule has 3 heterocycles. The second-order valence-corrected chi connectivity index (χ2v) is 6.65. The standard InChI is InChI=1S/C19H22N4/c1-22-12-17(11-21-22)14-23-7-6-15(13-23)8-16-9-18-4-2-3-5-19(18)20-10-16/h2-5,9-12,15H,6-8,13-14H2,1H3. The second-order valence-electron chi connectivity index (χ2n) is 6.65. The van der Waals surface area contributed by atoms with E-state index in [0.717, 1.165) is 24.4 Å². The summed E-state index contributed by atoms with van der Waals surface area (Å²) in [6.45, 7) is 3.36. The molecule has 0 N–H and O–H groups in total. The minimum Gasteiger partial charge on any atom is -0.299 e. The molecule has 4 nitrogen and oxygen atoms in total. The highest BCUT2D eigenvalue weighted by atomic mass is 15.2. The third-order valence-corrected chi connectivity index (χ3v) is 4.71. The fourth-order valence-corrected chi connectivity index (χ4v) is 3.60. The van der Waals surface area contributed by atoms with Crippen molar-refractivity contribution in [2.45, 2.75) is 19.4 Å². The maximum atomic E-state index is 4.59. The van der Waals surface area contributed by atoms with E-state index in [1.165, 1.54) is 36.0 Å². The van der Waals surface area contributed by atoms with Crippen molar-refractivity contribution < 1.29 is 0 Å². The lowest BCUT2D eigenvalue weighted by Gasteiger charge is -2.15. The Balaban J connectivity index is 1.39. The molecule has 118 valence electrons. The Morgan fingerprint density at radius 2 is 2.09 bits per heavy atom. The summed E-state index contributed by atoms with van der Waals surface area (Å²) in [5, 5.41) is 5.50. The molecular weight excluding hydrogens is 284 g/mol. The van der Waals surface area contributed by atoms with Crippen molar-refractivity contribution in [2.75, 3.05) is 13.1 Å². The van der Waals surface area contributed by atoms with Crippen LogP contribution in [0, 0.1) is 5.92 Å². The molecule has 23 heavy (non-hydrogen) atoms. The molecule has 1 saturated heterocycles. The molecule has 0 aliphatic carbocycles. The molecule has 0 radical (unpaired) electrons. The van der Waals surface area contributed by atoms with Crippen molar-refractivity contribution in [3.8, 4) is 0 Å². The van der Waals surface area contributed by atoms with Crippen LogP contribution in [0.5, 0.6) is 0 Å². The second kappa shape index (κ2) is 6.13. The number of likely N-dealkylation sites (tertiary alicyclic amines) is 1. The Morgan fingerprint density at radius 3 is 2.96 bits per heavy atom. The summed E-state index contributed by atoms with van der Waals surface area (Å²) in [6.07, 6.45) is 8.53. The van der Waals surface area contributed by atoms with Crippen LogP contribution in [0.3, 0.4) is 0 Å². The smallest absolute Gasteiger partial charge is 0.0702 e. The summed E-state index contributed by atoms with van der Waals surface area (Å²) < 4.78 is 1.88. The van der Waals surface area contributed by atoms with Crippen LogP contribution in [0.25, 0.3) is 10.9 Å². The summed E-state index contributed by atoms with van der Waals surface area (Å²) in [5.74, 6) is 0.731. The third kappa shape index (κ3) is 3.27. The van der Waals surface area contributed by atoms with Gasteiger partial charge in [0, 0.05) is 43.5 Å². The predicted molar refractivity (Wildman–Crippen MR) is 92.0 cm³/mol. The van der Waals surface area contributed by atoms with Gasteiger partial charge < -0.3 is 0 Å². The number of fused-ring (bicyclic) bond motifs is 1. The van der Waals surface area contributed by atoms with Crippen molar-refractivity contribution >= 4 is 10.9 Å². The van der Waals surface area contributed by atoms with Gasteiger partial charge in [0.2, 0.25) is 0 Å². The summed E-state index contributed by atoms with van der Waals surface area (Å²) in [6, 6.07) is 10.6. The molecule has 0 amide bonds. The van der Waals surface area contributed by atoms with Crippen LogP contribution in [0.15, 0.2) is 48.9 Å². The molecule has 1 aliphatic heterocycles. The zero-order valence-corrected chi connectivity index (χ0v) is 13.5. The van der Waals surface area contributed by atoms with E-state index in [-0.39, 0.29) is 0 Å². The molecule has 1 unspecified atom stereocenters. The Hall–Kier alpha value is -2.20. The predicted octanol–water partition coefficient (Wildman–Crippen LogP) is 3.03. The van der Waals surface area contributed by atoms with Crippen LogP contribution in [0.1, 0.15) is 17.5 Å². The number of benzene rings is 1. The zero-order valence-electron chi connectivity index (χ0n) is 13.5. The topological polar surface area (TPSA) is 34.0 Å². The van der Waals surface area contributed by atoms with E-state index in [2.05, 4.69) is 45.4 Å². The van der Waals surface area contributed by atoms with Gasteiger partial charge in [-0.05, 0) is 43.0 Å². The number of rotatable bonds is 4. The number of para-hydroxylation sites is 1. The van der Waals surface area contributed by atoms with Crippen molar-refractivity contribution in [1.82, 2.24) is 19.7 Å². The van der Waals surface area contributed by atoms with Gasteiger partial charge in [-0.1, -0.05) is 18.2 Å². The van der Waals surface area contributed by atoms with Gasteiger partial charge in [0.25, 0.3) is 0 Å². The summed E-state index contributed by atoms with van der Waals surface area (Å²) in [4.78, 5) is 7.13. The maximum Gasteiger partial charge on any atom is 0.0702 e. The number of nitrogens with zero attached hydrogens (tertiary/aromatic N) is 4. The Kier molecular flexibility index (Phi) is 3.83. The quantitative estimate of drug-likeness (QED) is 0.743. The van der Waals surface area contributed by atoms with Gasteiger partial charge in [-0.3, -0.25) is 14.6 Å². The largest absolute Gasteiger partial charge is 0.299 e. The number of hydrogen-bond donors (Lipinski definition) is 0. The van der Waals surface area contributed by atoms with Gasteiger partial charge in [0.15, 0.2) is 0 Å². The first kappa shape index (κ1) is 14.4. The fourth-order valence-electron chi connectivity index (χ4n) is 3.60. The fraction of sp³-hybridized carbons (Fsp3) is 0.368. The molecule has 2 aromatic heterocycles. The highest BCUT2D eigenvalue weighted by Crippen LogP contribution is 2.23. The van der Waals surface area contributed by atoms with Gasteiger partial charge in [0.05, 0.1) is 11.7 Å². The number of pyridine rings is 1. The van der Waals surface area contributed by atoms with Gasteiger partial charge in [0.1, 0.15) is 0 Å². The maximum absolute atomic E-state index is 4.59. The molecule has 1 aliphatic rings. The number of aryl methyl sites for hydroxylation is 1. The first-order valence-corrected chi connectivity index (χ1v) is 8.30. The molecule has 0 saturated carbocycles. The molecule has 1 aromatic carbocycles. The van der Waals surface area contributed by atoms with E-state index in [4.69, 9.17) is 0 Å². The van der Waals surface area contributed by atoms with E-state index in [9.17, 15) is 0 Å². The SMILES string of the molecule is Cn1cc(CN2CCC(Cc3cnc4ccccc4c3)C2)cn1. The van der Waals surface area contributed by atoms with E-state index >= 15 is 0 Å². The van der Waals surface area contributed by atoms with E-state index < -0.39 is 0 Å². The van der Waals surface area contributed by atoms with Gasteiger partial charge >= 0.3 is 0 Å². The van der Waals surface area contributed by atoms with Crippen LogP contribution in [-0.4, -0.2) is 32.8 Å². The van der Waals surface area contributed by atoms with E-state index in [1.54, 1.807) is 0 Å². The number of hydrogen-bond acceptors (Lipinski definition) is 3. The van der Waals surface area contributed by atoms with Crippen LogP contribution in [-0.2, 0) is 20.0 Å². The van der Waals surface area contributed by atoms with Crippen molar-refractivity contribution in [3.05, 3.63) is 60.0 Å². The molecule has 4 rings (SSSR count). The van der Waals surface area contributed by atoms with Crippen LogP contribution in [0.2, 0.25) is 0 Å².